The minimum absolute atomic E-state index is 0.00191. The fraction of sp³-hybridized carbons (Fsp3) is 0.588. The Bertz CT molecular complexity index is 436. The first kappa shape index (κ1) is 15.0. The van der Waals surface area contributed by atoms with E-state index in [1.165, 1.54) is 5.56 Å². The predicted molar refractivity (Wildman–Crippen MR) is 80.3 cm³/mol. The molecule has 1 saturated carbocycles. The van der Waals surface area contributed by atoms with Gasteiger partial charge in [-0.15, -0.1) is 0 Å². The van der Waals surface area contributed by atoms with E-state index in [0.717, 1.165) is 25.8 Å². The van der Waals surface area contributed by atoms with Crippen LogP contribution in [0.5, 0.6) is 0 Å². The molecule has 3 nitrogen and oxygen atoms in total. The average Bonchev–Trinajstić information content (AvgIpc) is 2.84. The lowest BCUT2D eigenvalue weighted by Gasteiger charge is -2.25. The number of carbonyl (C=O) groups is 1. The summed E-state index contributed by atoms with van der Waals surface area (Å²) in [7, 11) is 0. The minimum Gasteiger partial charge on any atom is -0.460 e. The largest absolute Gasteiger partial charge is 0.460 e. The molecule has 110 valence electrons. The Labute approximate surface area is 121 Å². The van der Waals surface area contributed by atoms with Crippen LogP contribution in [0.25, 0.3) is 0 Å². The number of rotatable bonds is 4. The van der Waals surface area contributed by atoms with E-state index in [1.807, 2.05) is 39.0 Å². The fourth-order valence-corrected chi connectivity index (χ4v) is 2.71. The highest BCUT2D eigenvalue weighted by Gasteiger charge is 2.35. The van der Waals surface area contributed by atoms with E-state index in [4.69, 9.17) is 4.74 Å². The van der Waals surface area contributed by atoms with Crippen molar-refractivity contribution in [3.8, 4) is 0 Å². The van der Waals surface area contributed by atoms with Gasteiger partial charge in [0.25, 0.3) is 0 Å². The van der Waals surface area contributed by atoms with Crippen molar-refractivity contribution < 1.29 is 9.53 Å². The zero-order valence-electron chi connectivity index (χ0n) is 12.7. The van der Waals surface area contributed by atoms with Gasteiger partial charge >= 0.3 is 5.97 Å². The van der Waals surface area contributed by atoms with Gasteiger partial charge in [0.1, 0.15) is 5.60 Å². The molecule has 1 aliphatic carbocycles. The number of ether oxygens (including phenoxy) is 1. The lowest BCUT2D eigenvalue weighted by Crippen LogP contribution is -2.39. The molecule has 0 spiro atoms. The third-order valence-electron chi connectivity index (χ3n) is 3.64. The molecule has 1 fully saturated rings. The SMILES string of the molecule is CC(C)(C)OC(=O)[C@@H]1CCC[C@@H]1NCc1ccccc1. The van der Waals surface area contributed by atoms with Gasteiger partial charge in [0, 0.05) is 12.6 Å². The predicted octanol–water partition coefficient (Wildman–Crippen LogP) is 3.29. The smallest absolute Gasteiger partial charge is 0.311 e. The van der Waals surface area contributed by atoms with Crippen LogP contribution in [0, 0.1) is 5.92 Å². The summed E-state index contributed by atoms with van der Waals surface area (Å²) in [4.78, 5) is 12.2. The van der Waals surface area contributed by atoms with Gasteiger partial charge in [0.2, 0.25) is 0 Å². The van der Waals surface area contributed by atoms with E-state index < -0.39 is 5.60 Å². The lowest BCUT2D eigenvalue weighted by atomic mass is 10.0. The zero-order valence-corrected chi connectivity index (χ0v) is 12.7. The number of benzene rings is 1. The molecule has 20 heavy (non-hydrogen) atoms. The number of hydrogen-bond acceptors (Lipinski definition) is 3. The van der Waals surface area contributed by atoms with Crippen LogP contribution >= 0.6 is 0 Å². The van der Waals surface area contributed by atoms with Gasteiger partial charge < -0.3 is 10.1 Å². The van der Waals surface area contributed by atoms with Crippen molar-refractivity contribution in [1.82, 2.24) is 5.32 Å². The van der Waals surface area contributed by atoms with Crippen molar-refractivity contribution in [3.63, 3.8) is 0 Å². The second-order valence-corrected chi connectivity index (χ2v) is 6.54. The molecule has 0 radical (unpaired) electrons. The van der Waals surface area contributed by atoms with Crippen molar-refractivity contribution >= 4 is 5.97 Å². The van der Waals surface area contributed by atoms with Crippen molar-refractivity contribution in [1.29, 1.82) is 0 Å². The lowest BCUT2D eigenvalue weighted by molar-refractivity contribution is -0.160. The molecule has 0 aromatic heterocycles. The summed E-state index contributed by atoms with van der Waals surface area (Å²) >= 11 is 0. The standard InChI is InChI=1S/C17H25NO2/c1-17(2,3)20-16(19)14-10-7-11-15(14)18-12-13-8-5-4-6-9-13/h4-6,8-9,14-15,18H,7,10-12H2,1-3H3/t14-,15+/m1/s1. The van der Waals surface area contributed by atoms with E-state index in [1.54, 1.807) is 0 Å². The van der Waals surface area contributed by atoms with Gasteiger partial charge in [0.05, 0.1) is 5.92 Å². The maximum Gasteiger partial charge on any atom is 0.311 e. The van der Waals surface area contributed by atoms with E-state index in [9.17, 15) is 4.79 Å². The molecule has 0 saturated heterocycles. The maximum absolute atomic E-state index is 12.2. The highest BCUT2D eigenvalue weighted by atomic mass is 16.6. The molecule has 1 aromatic carbocycles. The molecule has 1 aliphatic rings. The van der Waals surface area contributed by atoms with Gasteiger partial charge in [-0.25, -0.2) is 0 Å². The fourth-order valence-electron chi connectivity index (χ4n) is 2.71. The topological polar surface area (TPSA) is 38.3 Å². The van der Waals surface area contributed by atoms with E-state index in [0.29, 0.717) is 0 Å². The average molecular weight is 275 g/mol. The second-order valence-electron chi connectivity index (χ2n) is 6.54. The Morgan fingerprint density at radius 2 is 1.95 bits per heavy atom. The van der Waals surface area contributed by atoms with Crippen LogP contribution < -0.4 is 5.32 Å². The van der Waals surface area contributed by atoms with E-state index >= 15 is 0 Å². The van der Waals surface area contributed by atoms with E-state index in [2.05, 4.69) is 17.4 Å². The first-order valence-electron chi connectivity index (χ1n) is 7.46. The molecule has 1 N–H and O–H groups in total. The van der Waals surface area contributed by atoms with Crippen LogP contribution in [0.2, 0.25) is 0 Å². The van der Waals surface area contributed by atoms with Gasteiger partial charge in [-0.3, -0.25) is 4.79 Å². The number of carbonyl (C=O) groups excluding carboxylic acids is 1. The normalized spacial score (nSPS) is 22.8. The Morgan fingerprint density at radius 3 is 2.60 bits per heavy atom. The summed E-state index contributed by atoms with van der Waals surface area (Å²) in [6.45, 7) is 6.58. The highest BCUT2D eigenvalue weighted by molar-refractivity contribution is 5.74. The number of hydrogen-bond donors (Lipinski definition) is 1. The molecule has 2 rings (SSSR count). The Morgan fingerprint density at radius 1 is 1.25 bits per heavy atom. The molecule has 3 heteroatoms. The summed E-state index contributed by atoms with van der Waals surface area (Å²) in [6.07, 6.45) is 3.08. The third-order valence-corrected chi connectivity index (χ3v) is 3.64. The van der Waals surface area contributed by atoms with Crippen LogP contribution in [-0.2, 0) is 16.1 Å². The molecular weight excluding hydrogens is 250 g/mol. The molecule has 0 aliphatic heterocycles. The summed E-state index contributed by atoms with van der Waals surface area (Å²) in [5, 5.41) is 3.51. The monoisotopic (exact) mass is 275 g/mol. The first-order chi connectivity index (χ1) is 9.46. The zero-order chi connectivity index (χ0) is 14.6. The van der Waals surface area contributed by atoms with Gasteiger partial charge in [-0.05, 0) is 39.2 Å². The summed E-state index contributed by atoms with van der Waals surface area (Å²) in [5.74, 6) is -0.0569. The van der Waals surface area contributed by atoms with Gasteiger partial charge in [0.15, 0.2) is 0 Å². The molecule has 1 aromatic rings. The van der Waals surface area contributed by atoms with E-state index in [-0.39, 0.29) is 17.9 Å². The number of esters is 1. The van der Waals surface area contributed by atoms with Crippen molar-refractivity contribution in [2.75, 3.05) is 0 Å². The van der Waals surface area contributed by atoms with Crippen LogP contribution in [0.3, 0.4) is 0 Å². The van der Waals surface area contributed by atoms with Crippen LogP contribution in [0.15, 0.2) is 30.3 Å². The van der Waals surface area contributed by atoms with Crippen molar-refractivity contribution in [2.24, 2.45) is 5.92 Å². The molecule has 0 heterocycles. The minimum atomic E-state index is -0.399. The quantitative estimate of drug-likeness (QED) is 0.857. The molecule has 2 atom stereocenters. The second kappa shape index (κ2) is 6.40. The number of nitrogens with one attached hydrogen (secondary N) is 1. The van der Waals surface area contributed by atoms with Gasteiger partial charge in [-0.1, -0.05) is 36.8 Å². The summed E-state index contributed by atoms with van der Waals surface area (Å²) < 4.78 is 5.52. The Kier molecular flexibility index (Phi) is 4.81. The third kappa shape index (κ3) is 4.34. The van der Waals surface area contributed by atoms with Gasteiger partial charge in [-0.2, -0.15) is 0 Å². The molecular formula is C17H25NO2. The Hall–Kier alpha value is -1.35. The molecule has 0 bridgehead atoms. The highest BCUT2D eigenvalue weighted by Crippen LogP contribution is 2.28. The van der Waals surface area contributed by atoms with Crippen LogP contribution in [0.1, 0.15) is 45.6 Å². The van der Waals surface area contributed by atoms with Crippen LogP contribution in [-0.4, -0.2) is 17.6 Å². The summed E-state index contributed by atoms with van der Waals surface area (Å²) in [5.41, 5.74) is 0.853. The van der Waals surface area contributed by atoms with Crippen molar-refractivity contribution in [3.05, 3.63) is 35.9 Å². The molecule has 0 amide bonds. The molecule has 0 unspecified atom stereocenters. The maximum atomic E-state index is 12.2. The first-order valence-corrected chi connectivity index (χ1v) is 7.46. The Balaban J connectivity index is 1.89. The van der Waals surface area contributed by atoms with Crippen LogP contribution in [0.4, 0.5) is 0 Å². The summed E-state index contributed by atoms with van der Waals surface area (Å²) in [6, 6.07) is 10.5. The van der Waals surface area contributed by atoms with Crippen molar-refractivity contribution in [2.45, 2.75) is 58.2 Å².